The van der Waals surface area contributed by atoms with Gasteiger partial charge in [-0.15, -0.1) is 0 Å². The first kappa shape index (κ1) is 128. The third-order valence-electron chi connectivity index (χ3n) is 27.6. The molecule has 0 bridgehead atoms. The lowest BCUT2D eigenvalue weighted by atomic mass is 10.0. The number of carbonyl (C=O) groups is 5. The van der Waals surface area contributed by atoms with Gasteiger partial charge in [0.25, 0.3) is 0 Å². The van der Waals surface area contributed by atoms with Crippen LogP contribution >= 0.6 is 58.8 Å². The van der Waals surface area contributed by atoms with Crippen molar-refractivity contribution < 1.29 is 24.0 Å². The van der Waals surface area contributed by atoms with E-state index in [0.29, 0.717) is 42.3 Å². The van der Waals surface area contributed by atoms with Gasteiger partial charge in [-0.1, -0.05) is 580 Å². The first-order valence-electron chi connectivity index (χ1n) is 59.1. The van der Waals surface area contributed by atoms with Gasteiger partial charge in [0.05, 0.1) is 0 Å². The highest BCUT2D eigenvalue weighted by molar-refractivity contribution is 8.14. The first-order valence-corrected chi connectivity index (χ1v) is 63.2. The van der Waals surface area contributed by atoms with Crippen molar-refractivity contribution in [2.24, 2.45) is 0 Å². The SMILES string of the molecule is CCCCCCCC(=O)Sc1ccc(-c2ccc(CCCCC)cc2)cc1.CCCCCCCC(=O)Sc1ccc(-c2ccc(CCCCCC)cc2)cc1.CCCCCCCC(=O)Sc1ccc(-c2ccc(CCCCCCC)cc2)cc1.CCCCCCCCCCc1ccc(-c2ccc(SC(=O)CCCCCCC)cc2)cc1.CCCCCCCCCc1ccc(-c2ccc(SC(=O)CCCCCCC)cc2)cc1. The molecule has 10 heteroatoms. The molecule has 0 aliphatic heterocycles. The van der Waals surface area contributed by atoms with Gasteiger partial charge in [0.15, 0.2) is 25.6 Å². The van der Waals surface area contributed by atoms with Gasteiger partial charge in [0.2, 0.25) is 0 Å². The fourth-order valence-corrected chi connectivity index (χ4v) is 22.1. The molecule has 0 fully saturated rings. The normalized spacial score (nSPS) is 11.0. The van der Waals surface area contributed by atoms with E-state index in [1.165, 1.54) is 476 Å². The summed E-state index contributed by atoms with van der Waals surface area (Å²) in [5.74, 6) is 0. The second-order valence-electron chi connectivity index (χ2n) is 40.8. The van der Waals surface area contributed by atoms with E-state index in [-0.39, 0.29) is 15.3 Å². The van der Waals surface area contributed by atoms with Crippen LogP contribution in [0.15, 0.2) is 267 Å². The fraction of sp³-hybridized carbons (Fsp3) is 0.526. The van der Waals surface area contributed by atoms with Gasteiger partial charge < -0.3 is 0 Å². The average Bonchev–Trinajstić information content (AvgIpc) is 0.867. The van der Waals surface area contributed by atoms with Gasteiger partial charge in [0.1, 0.15) is 0 Å². The van der Waals surface area contributed by atoms with Crippen LogP contribution in [0.1, 0.15) is 463 Å². The van der Waals surface area contributed by atoms with E-state index in [0.717, 1.165) is 56.6 Å². The summed E-state index contributed by atoms with van der Waals surface area (Å²) in [7, 11) is 0. The molecule has 0 aliphatic carbocycles. The Morgan fingerprint density at radius 3 is 0.374 bits per heavy atom. The maximum absolute atomic E-state index is 12.2. The summed E-state index contributed by atoms with van der Waals surface area (Å²) in [4.78, 5) is 66.0. The minimum Gasteiger partial charge on any atom is -0.287 e. The van der Waals surface area contributed by atoms with Gasteiger partial charge in [-0.05, 0) is 240 Å². The summed E-state index contributed by atoms with van der Waals surface area (Å²) >= 11 is 6.95. The maximum Gasteiger partial charge on any atom is 0.193 e. The zero-order valence-electron chi connectivity index (χ0n) is 93.5. The predicted octanol–water partition coefficient (Wildman–Crippen LogP) is 45.0. The maximum atomic E-state index is 12.2. The predicted molar refractivity (Wildman–Crippen MR) is 652 cm³/mol. The molecule has 0 spiro atoms. The number of benzene rings is 10. The molecule has 10 aromatic carbocycles. The van der Waals surface area contributed by atoms with Crippen molar-refractivity contribution in [1.82, 2.24) is 0 Å². The number of hydrogen-bond donors (Lipinski definition) is 0. The Kier molecular flexibility index (Phi) is 74.7. The molecule has 147 heavy (non-hydrogen) atoms. The molecule has 0 amide bonds. The molecule has 0 aliphatic rings. The van der Waals surface area contributed by atoms with Crippen molar-refractivity contribution >= 4 is 84.4 Å². The van der Waals surface area contributed by atoms with Crippen LogP contribution in [0.3, 0.4) is 0 Å². The minimum absolute atomic E-state index is 0.288. The average molecular weight is 2080 g/mol. The van der Waals surface area contributed by atoms with Crippen LogP contribution in [0.4, 0.5) is 0 Å². The van der Waals surface area contributed by atoms with Gasteiger partial charge in [-0.25, -0.2) is 0 Å². The third-order valence-corrected chi connectivity index (χ3v) is 32.3. The number of carbonyl (C=O) groups excluding carboxylic acids is 5. The number of aryl methyl sites for hydroxylation is 5. The largest absolute Gasteiger partial charge is 0.287 e. The van der Waals surface area contributed by atoms with Crippen LogP contribution < -0.4 is 0 Å². The van der Waals surface area contributed by atoms with E-state index < -0.39 is 0 Å². The topological polar surface area (TPSA) is 85.3 Å². The molecule has 0 heterocycles. The van der Waals surface area contributed by atoms with Gasteiger partial charge in [-0.3, -0.25) is 24.0 Å². The third kappa shape index (κ3) is 61.6. The van der Waals surface area contributed by atoms with E-state index in [1.54, 1.807) is 0 Å². The Hall–Kier alpha value is -7.70. The summed E-state index contributed by atoms with van der Waals surface area (Å²) in [6.45, 7) is 22.4. The first-order chi connectivity index (χ1) is 72.1. The Morgan fingerprint density at radius 2 is 0.231 bits per heavy atom. The van der Waals surface area contributed by atoms with Crippen molar-refractivity contribution in [1.29, 1.82) is 0 Å². The molecule has 0 radical (unpaired) electrons. The smallest absolute Gasteiger partial charge is 0.193 e. The molecule has 0 atom stereocenters. The van der Waals surface area contributed by atoms with Crippen LogP contribution in [-0.2, 0) is 56.1 Å². The Bertz CT molecular complexity index is 4930. The van der Waals surface area contributed by atoms with E-state index in [4.69, 9.17) is 0 Å². The van der Waals surface area contributed by atoms with Crippen molar-refractivity contribution in [2.75, 3.05) is 0 Å². The lowest BCUT2D eigenvalue weighted by Gasteiger charge is -2.07. The number of unbranched alkanes of at least 4 members (excludes halogenated alkanes) is 42. The quantitative estimate of drug-likeness (QED) is 0.0271. The molecular weight excluding hydrogens is 1890 g/mol. The second kappa shape index (κ2) is 85.8. The van der Waals surface area contributed by atoms with Gasteiger partial charge in [0, 0.05) is 56.6 Å². The van der Waals surface area contributed by atoms with E-state index in [2.05, 4.69) is 312 Å². The van der Waals surface area contributed by atoms with E-state index in [9.17, 15) is 24.0 Å². The minimum atomic E-state index is 0.288. The highest BCUT2D eigenvalue weighted by Crippen LogP contribution is 2.35. The summed E-state index contributed by atoms with van der Waals surface area (Å²) in [5.41, 5.74) is 19.5. The van der Waals surface area contributed by atoms with Crippen LogP contribution in [-0.4, -0.2) is 25.6 Å². The van der Waals surface area contributed by atoms with Crippen molar-refractivity contribution in [2.45, 2.75) is 492 Å². The summed E-state index contributed by atoms with van der Waals surface area (Å²) < 4.78 is 0. The van der Waals surface area contributed by atoms with Crippen LogP contribution in [0.2, 0.25) is 0 Å². The zero-order valence-corrected chi connectivity index (χ0v) is 97.6. The summed E-state index contributed by atoms with van der Waals surface area (Å²) in [6, 6.07) is 87.1. The number of rotatable bonds is 72. The molecular formula is C137H194O5S5. The molecule has 0 unspecified atom stereocenters. The lowest BCUT2D eigenvalue weighted by molar-refractivity contribution is -0.111. The van der Waals surface area contributed by atoms with E-state index >= 15 is 0 Å². The highest BCUT2D eigenvalue weighted by atomic mass is 32.2. The van der Waals surface area contributed by atoms with E-state index in [1.807, 2.05) is 0 Å². The Labute approximate surface area is 918 Å². The van der Waals surface area contributed by atoms with Crippen molar-refractivity contribution in [3.05, 3.63) is 270 Å². The number of hydrogen-bond acceptors (Lipinski definition) is 10. The van der Waals surface area contributed by atoms with Crippen LogP contribution in [0, 0.1) is 0 Å². The second-order valence-corrected chi connectivity index (χ2v) is 46.5. The van der Waals surface area contributed by atoms with Gasteiger partial charge >= 0.3 is 0 Å². The van der Waals surface area contributed by atoms with Crippen molar-refractivity contribution in [3.63, 3.8) is 0 Å². The lowest BCUT2D eigenvalue weighted by Crippen LogP contribution is -1.91. The van der Waals surface area contributed by atoms with Crippen LogP contribution in [0.5, 0.6) is 0 Å². The molecule has 0 saturated carbocycles. The molecule has 0 aromatic heterocycles. The summed E-state index contributed by atoms with van der Waals surface area (Å²) in [6.07, 6.45) is 75.5. The zero-order chi connectivity index (χ0) is 105. The number of thioether (sulfide) groups is 5. The fourth-order valence-electron chi connectivity index (χ4n) is 18.2. The monoisotopic (exact) mass is 2080 g/mol. The highest BCUT2D eigenvalue weighted by Gasteiger charge is 2.15. The molecule has 10 aromatic rings. The van der Waals surface area contributed by atoms with Crippen LogP contribution in [0.25, 0.3) is 55.6 Å². The Morgan fingerprint density at radius 1 is 0.129 bits per heavy atom. The molecule has 802 valence electrons. The van der Waals surface area contributed by atoms with Gasteiger partial charge in [-0.2, -0.15) is 0 Å². The molecule has 0 saturated heterocycles. The standard InChI is InChI=1S/C30H44OS.C29H42OS.C27H38OS.C26H36OS.C25H34OS/c1-3-5-7-9-10-11-13-14-16-26-18-20-27(21-19-26)28-22-24-29(25-23-28)32-30(31)17-15-12-8-6-4-2;1-3-5-7-9-10-12-13-15-25-17-19-26(20-18-25)27-21-23-28(24-22-27)31-29(30)16-14-11-8-6-4-2;1-3-5-7-9-11-13-23-15-17-24(18-16-23)25-19-21-26(22-20-25)29-27(28)14-12-10-8-6-4-2;1-3-5-7-9-11-13-26(27)28-25-20-18-24(19-21-25)23-16-14-22(15-17-23)12-10-8-6-4-2;1-3-5-7-8-10-12-25(26)27-24-19-17-23(18-20-24)22-15-13-21(14-16-22)11-9-6-4-2/h18-25H,3-17H2,1-2H3;17-24H,3-16H2,1-2H3;15-22H,3-14H2,1-2H3;14-21H,3-13H2,1-2H3;13-20H,3-12H2,1-2H3. The molecule has 5 nitrogen and oxygen atoms in total. The summed E-state index contributed by atoms with van der Waals surface area (Å²) in [5, 5.41) is 1.45. The molecule has 0 N–H and O–H groups in total. The Balaban J connectivity index is 0.000000281. The molecule has 10 rings (SSSR count). The van der Waals surface area contributed by atoms with Crippen molar-refractivity contribution in [3.8, 4) is 55.6 Å².